The molecule has 1 aromatic carbocycles. The maximum atomic E-state index is 12.4. The minimum atomic E-state index is -0.369. The highest BCUT2D eigenvalue weighted by Crippen LogP contribution is 2.36. The molecule has 0 saturated carbocycles. The zero-order valence-corrected chi connectivity index (χ0v) is 16.8. The number of methoxy groups -OCH3 is 2. The van der Waals surface area contributed by atoms with Gasteiger partial charge in [-0.2, -0.15) is 0 Å². The number of ether oxygens (including phenoxy) is 2. The number of carbonyl (C=O) groups excluding carboxylic acids is 1. The highest BCUT2D eigenvalue weighted by Gasteiger charge is 2.20. The van der Waals surface area contributed by atoms with Crippen LogP contribution >= 0.6 is 23.1 Å². The van der Waals surface area contributed by atoms with Crippen molar-refractivity contribution in [3.05, 3.63) is 24.5 Å². The van der Waals surface area contributed by atoms with E-state index < -0.39 is 0 Å². The van der Waals surface area contributed by atoms with Gasteiger partial charge in [-0.15, -0.1) is 20.4 Å². The smallest absolute Gasteiger partial charge is 0.239 e. The Bertz CT molecular complexity index is 942. The summed E-state index contributed by atoms with van der Waals surface area (Å²) in [5, 5.41) is 20.1. The minimum Gasteiger partial charge on any atom is -0.497 e. The third-order valence-electron chi connectivity index (χ3n) is 3.61. The van der Waals surface area contributed by atoms with E-state index in [1.54, 1.807) is 44.2 Å². The average Bonchev–Trinajstić information content (AvgIpc) is 3.30. The first kappa shape index (κ1) is 19.1. The van der Waals surface area contributed by atoms with Gasteiger partial charge in [0.15, 0.2) is 10.2 Å². The molecule has 0 aliphatic heterocycles. The largest absolute Gasteiger partial charge is 0.497 e. The van der Waals surface area contributed by atoms with Crippen molar-refractivity contribution in [3.8, 4) is 22.1 Å². The van der Waals surface area contributed by atoms with Crippen LogP contribution in [0.2, 0.25) is 0 Å². The number of amides is 1. The second-order valence-electron chi connectivity index (χ2n) is 5.45. The molecular weight excluding hydrogens is 388 g/mol. The van der Waals surface area contributed by atoms with Crippen molar-refractivity contribution in [2.75, 3.05) is 19.5 Å². The standard InChI is InChI=1S/C16H18N6O3S2/c1-9(26-16-21-17-8-22(16)2)13(23)18-15-20-19-14(27-15)11-7-10(24-3)5-6-12(11)25-4/h5-9H,1-4H3,(H,18,20,23)/t9-/m1/s1. The first-order valence-electron chi connectivity index (χ1n) is 7.89. The summed E-state index contributed by atoms with van der Waals surface area (Å²) >= 11 is 2.58. The number of thioether (sulfide) groups is 1. The van der Waals surface area contributed by atoms with E-state index in [4.69, 9.17) is 9.47 Å². The average molecular weight is 406 g/mol. The Morgan fingerprint density at radius 1 is 1.26 bits per heavy atom. The maximum Gasteiger partial charge on any atom is 0.239 e. The van der Waals surface area contributed by atoms with Crippen molar-refractivity contribution >= 4 is 34.1 Å². The Morgan fingerprint density at radius 3 is 2.74 bits per heavy atom. The molecule has 1 N–H and O–H groups in total. The predicted octanol–water partition coefficient (Wildman–Crippen LogP) is 2.47. The molecule has 2 aromatic heterocycles. The van der Waals surface area contributed by atoms with Gasteiger partial charge < -0.3 is 14.0 Å². The van der Waals surface area contributed by atoms with Gasteiger partial charge in [-0.05, 0) is 25.1 Å². The van der Waals surface area contributed by atoms with E-state index >= 15 is 0 Å². The Labute approximate surface area is 164 Å². The van der Waals surface area contributed by atoms with Crippen LogP contribution in [-0.4, -0.2) is 50.3 Å². The van der Waals surface area contributed by atoms with E-state index in [0.717, 1.165) is 5.56 Å². The lowest BCUT2D eigenvalue weighted by Gasteiger charge is -2.09. The van der Waals surface area contributed by atoms with Crippen LogP contribution in [0.25, 0.3) is 10.6 Å². The summed E-state index contributed by atoms with van der Waals surface area (Å²) in [7, 11) is 5.00. The van der Waals surface area contributed by atoms with Gasteiger partial charge >= 0.3 is 0 Å². The molecule has 0 saturated heterocycles. The number of benzene rings is 1. The van der Waals surface area contributed by atoms with E-state index in [-0.39, 0.29) is 11.2 Å². The summed E-state index contributed by atoms with van der Waals surface area (Å²) in [6, 6.07) is 5.42. The van der Waals surface area contributed by atoms with E-state index in [9.17, 15) is 4.79 Å². The number of aromatic nitrogens is 5. The van der Waals surface area contributed by atoms with Gasteiger partial charge in [0.05, 0.1) is 25.0 Å². The number of nitrogens with one attached hydrogen (secondary N) is 1. The zero-order chi connectivity index (χ0) is 19.4. The number of rotatable bonds is 7. The normalized spacial score (nSPS) is 11.9. The van der Waals surface area contributed by atoms with Crippen molar-refractivity contribution in [1.82, 2.24) is 25.0 Å². The van der Waals surface area contributed by atoms with E-state index in [1.165, 1.54) is 23.1 Å². The zero-order valence-electron chi connectivity index (χ0n) is 15.2. The first-order valence-corrected chi connectivity index (χ1v) is 9.59. The summed E-state index contributed by atoms with van der Waals surface area (Å²) in [5.74, 6) is 1.14. The lowest BCUT2D eigenvalue weighted by atomic mass is 10.2. The summed E-state index contributed by atoms with van der Waals surface area (Å²) in [6.45, 7) is 1.79. The van der Waals surface area contributed by atoms with Crippen molar-refractivity contribution in [2.45, 2.75) is 17.3 Å². The second-order valence-corrected chi connectivity index (χ2v) is 7.74. The molecule has 0 radical (unpaired) electrons. The summed E-state index contributed by atoms with van der Waals surface area (Å²) in [4.78, 5) is 12.4. The molecule has 27 heavy (non-hydrogen) atoms. The number of carbonyl (C=O) groups is 1. The van der Waals surface area contributed by atoms with E-state index in [2.05, 4.69) is 25.7 Å². The van der Waals surface area contributed by atoms with Gasteiger partial charge in [-0.3, -0.25) is 10.1 Å². The Kier molecular flexibility index (Phi) is 5.91. The monoisotopic (exact) mass is 406 g/mol. The summed E-state index contributed by atoms with van der Waals surface area (Å²) in [6.07, 6.45) is 1.59. The number of aryl methyl sites for hydroxylation is 1. The maximum absolute atomic E-state index is 12.4. The fourth-order valence-electron chi connectivity index (χ4n) is 2.16. The van der Waals surface area contributed by atoms with Crippen molar-refractivity contribution < 1.29 is 14.3 Å². The van der Waals surface area contributed by atoms with Crippen LogP contribution in [0.5, 0.6) is 11.5 Å². The molecule has 0 aliphatic rings. The molecule has 3 aromatic rings. The Hall–Kier alpha value is -2.66. The fraction of sp³-hybridized carbons (Fsp3) is 0.312. The van der Waals surface area contributed by atoms with Crippen LogP contribution < -0.4 is 14.8 Å². The predicted molar refractivity (Wildman–Crippen MR) is 103 cm³/mol. The van der Waals surface area contributed by atoms with Crippen LogP contribution in [0.1, 0.15) is 6.92 Å². The second kappa shape index (κ2) is 8.35. The molecule has 142 valence electrons. The third-order valence-corrected chi connectivity index (χ3v) is 5.63. The molecule has 9 nitrogen and oxygen atoms in total. The van der Waals surface area contributed by atoms with Gasteiger partial charge in [0.2, 0.25) is 11.0 Å². The quantitative estimate of drug-likeness (QED) is 0.597. The van der Waals surface area contributed by atoms with Crippen LogP contribution in [0.3, 0.4) is 0 Å². The number of hydrogen-bond acceptors (Lipinski definition) is 9. The van der Waals surface area contributed by atoms with Gasteiger partial charge in [-0.1, -0.05) is 23.1 Å². The first-order chi connectivity index (χ1) is 13.0. The lowest BCUT2D eigenvalue weighted by molar-refractivity contribution is -0.115. The van der Waals surface area contributed by atoms with E-state index in [1.807, 2.05) is 13.1 Å². The Morgan fingerprint density at radius 2 is 2.07 bits per heavy atom. The van der Waals surface area contributed by atoms with Gasteiger partial charge in [0.1, 0.15) is 17.8 Å². The lowest BCUT2D eigenvalue weighted by Crippen LogP contribution is -2.22. The third kappa shape index (κ3) is 4.37. The topological polar surface area (TPSA) is 104 Å². The molecule has 0 unspecified atom stereocenters. The van der Waals surface area contributed by atoms with Gasteiger partial charge in [-0.25, -0.2) is 0 Å². The number of hydrogen-bond donors (Lipinski definition) is 1. The van der Waals surface area contributed by atoms with Crippen LogP contribution in [0.15, 0.2) is 29.7 Å². The van der Waals surface area contributed by atoms with Crippen molar-refractivity contribution in [2.24, 2.45) is 7.05 Å². The molecule has 2 heterocycles. The molecule has 3 rings (SSSR count). The van der Waals surface area contributed by atoms with Crippen molar-refractivity contribution in [1.29, 1.82) is 0 Å². The summed E-state index contributed by atoms with van der Waals surface area (Å²) in [5.41, 5.74) is 0.747. The molecule has 1 amide bonds. The van der Waals surface area contributed by atoms with Crippen molar-refractivity contribution in [3.63, 3.8) is 0 Å². The molecule has 1 atom stereocenters. The van der Waals surface area contributed by atoms with Gasteiger partial charge in [0.25, 0.3) is 0 Å². The molecular formula is C16H18N6O3S2. The summed E-state index contributed by atoms with van der Waals surface area (Å²) < 4.78 is 12.4. The fourth-order valence-corrected chi connectivity index (χ4v) is 3.72. The number of anilines is 1. The highest BCUT2D eigenvalue weighted by molar-refractivity contribution is 8.00. The van der Waals surface area contributed by atoms with E-state index in [0.29, 0.717) is 26.8 Å². The highest BCUT2D eigenvalue weighted by atomic mass is 32.2. The van der Waals surface area contributed by atoms with Crippen LogP contribution in [0.4, 0.5) is 5.13 Å². The Balaban J connectivity index is 1.72. The minimum absolute atomic E-state index is 0.191. The molecule has 0 bridgehead atoms. The molecule has 0 spiro atoms. The van der Waals surface area contributed by atoms with Gasteiger partial charge in [0, 0.05) is 7.05 Å². The van der Waals surface area contributed by atoms with Crippen LogP contribution in [0, 0.1) is 0 Å². The number of nitrogens with zero attached hydrogens (tertiary/aromatic N) is 5. The molecule has 0 aliphatic carbocycles. The molecule has 0 fully saturated rings. The van der Waals surface area contributed by atoms with Crippen LogP contribution in [-0.2, 0) is 11.8 Å². The SMILES string of the molecule is COc1ccc(OC)c(-c2nnc(NC(=O)[C@@H](C)Sc3nncn3C)s2)c1. The molecule has 11 heteroatoms.